The fourth-order valence-corrected chi connectivity index (χ4v) is 2.45. The van der Waals surface area contributed by atoms with Crippen LogP contribution in [0.3, 0.4) is 0 Å². The first kappa shape index (κ1) is 12.9. The molecule has 1 fully saturated rings. The Hall–Kier alpha value is -1.55. The monoisotopic (exact) mass is 247 g/mol. The molecule has 1 aliphatic rings. The molecule has 0 saturated carbocycles. The van der Waals surface area contributed by atoms with Crippen LogP contribution in [0.1, 0.15) is 18.1 Å². The molecule has 1 aromatic rings. The van der Waals surface area contributed by atoms with E-state index in [1.165, 1.54) is 16.8 Å². The average molecular weight is 247 g/mol. The Morgan fingerprint density at radius 2 is 1.94 bits per heavy atom. The number of piperazine rings is 1. The van der Waals surface area contributed by atoms with Crippen molar-refractivity contribution in [3.63, 3.8) is 0 Å². The lowest BCUT2D eigenvalue weighted by Crippen LogP contribution is -2.48. The summed E-state index contributed by atoms with van der Waals surface area (Å²) in [6, 6.07) is 6.40. The van der Waals surface area contributed by atoms with Crippen molar-refractivity contribution in [3.05, 3.63) is 29.3 Å². The minimum atomic E-state index is 0.164. The number of hydrogen-bond donors (Lipinski definition) is 1. The Kier molecular flexibility index (Phi) is 3.87. The molecule has 1 heterocycles. The zero-order chi connectivity index (χ0) is 13.1. The molecule has 0 bridgehead atoms. The van der Waals surface area contributed by atoms with Gasteiger partial charge in [-0.1, -0.05) is 17.7 Å². The Bertz CT molecular complexity index is 437. The molecule has 1 amide bonds. The molecule has 2 N–H and O–H groups in total. The van der Waals surface area contributed by atoms with Crippen molar-refractivity contribution in [2.75, 3.05) is 31.1 Å². The lowest BCUT2D eigenvalue weighted by Gasteiger charge is -2.36. The lowest BCUT2D eigenvalue weighted by molar-refractivity contribution is -0.129. The number of rotatable bonds is 2. The molecule has 0 radical (unpaired) electrons. The van der Waals surface area contributed by atoms with Crippen molar-refractivity contribution in [1.82, 2.24) is 4.90 Å². The summed E-state index contributed by atoms with van der Waals surface area (Å²) in [4.78, 5) is 15.5. The standard InChI is InChI=1S/C14H21N3O/c1-11-3-4-14(13(9-11)10-15)17-7-5-16(6-8-17)12(2)18/h3-4,9H,5-8,10,15H2,1-2H3. The molecule has 4 nitrogen and oxygen atoms in total. The highest BCUT2D eigenvalue weighted by Gasteiger charge is 2.20. The van der Waals surface area contributed by atoms with E-state index >= 15 is 0 Å². The first-order valence-corrected chi connectivity index (χ1v) is 6.42. The fourth-order valence-electron chi connectivity index (χ4n) is 2.45. The molecule has 98 valence electrons. The predicted octanol–water partition coefficient (Wildman–Crippen LogP) is 1.12. The zero-order valence-electron chi connectivity index (χ0n) is 11.1. The SMILES string of the molecule is CC(=O)N1CCN(c2ccc(C)cc2CN)CC1. The summed E-state index contributed by atoms with van der Waals surface area (Å²) < 4.78 is 0. The summed E-state index contributed by atoms with van der Waals surface area (Å²) in [6.07, 6.45) is 0. The van der Waals surface area contributed by atoms with Gasteiger partial charge in [-0.3, -0.25) is 4.79 Å². The Balaban J connectivity index is 2.12. The van der Waals surface area contributed by atoms with Crippen LogP contribution in [0.4, 0.5) is 5.69 Å². The molecule has 1 aliphatic heterocycles. The lowest BCUT2D eigenvalue weighted by atomic mass is 10.1. The van der Waals surface area contributed by atoms with Gasteiger partial charge in [-0.25, -0.2) is 0 Å². The molecule has 0 aromatic heterocycles. The highest BCUT2D eigenvalue weighted by atomic mass is 16.2. The topological polar surface area (TPSA) is 49.6 Å². The minimum absolute atomic E-state index is 0.164. The number of nitrogens with two attached hydrogens (primary N) is 1. The van der Waals surface area contributed by atoms with Gasteiger partial charge in [0, 0.05) is 45.3 Å². The van der Waals surface area contributed by atoms with Crippen LogP contribution in [0.2, 0.25) is 0 Å². The first-order valence-electron chi connectivity index (χ1n) is 6.42. The number of hydrogen-bond acceptors (Lipinski definition) is 3. The van der Waals surface area contributed by atoms with Gasteiger partial charge in [-0.15, -0.1) is 0 Å². The zero-order valence-corrected chi connectivity index (χ0v) is 11.1. The fraction of sp³-hybridized carbons (Fsp3) is 0.500. The van der Waals surface area contributed by atoms with E-state index in [0.717, 1.165) is 26.2 Å². The number of carbonyl (C=O) groups excluding carboxylic acids is 1. The van der Waals surface area contributed by atoms with Gasteiger partial charge in [0.1, 0.15) is 0 Å². The molecule has 1 saturated heterocycles. The summed E-state index contributed by atoms with van der Waals surface area (Å²) in [5, 5.41) is 0. The molecule has 0 atom stereocenters. The number of aryl methyl sites for hydroxylation is 1. The van der Waals surface area contributed by atoms with E-state index in [1.54, 1.807) is 6.92 Å². The van der Waals surface area contributed by atoms with Crippen molar-refractivity contribution in [3.8, 4) is 0 Å². The van der Waals surface area contributed by atoms with Gasteiger partial charge in [0.2, 0.25) is 5.91 Å². The molecular formula is C14H21N3O. The summed E-state index contributed by atoms with van der Waals surface area (Å²) in [5.41, 5.74) is 9.45. The Labute approximate surface area is 108 Å². The highest BCUT2D eigenvalue weighted by molar-refractivity contribution is 5.73. The van der Waals surface area contributed by atoms with Crippen molar-refractivity contribution in [1.29, 1.82) is 0 Å². The largest absolute Gasteiger partial charge is 0.368 e. The quantitative estimate of drug-likeness (QED) is 0.852. The smallest absolute Gasteiger partial charge is 0.219 e. The van der Waals surface area contributed by atoms with Crippen LogP contribution in [0, 0.1) is 6.92 Å². The van der Waals surface area contributed by atoms with E-state index in [-0.39, 0.29) is 5.91 Å². The molecule has 0 aliphatic carbocycles. The Morgan fingerprint density at radius 1 is 1.28 bits per heavy atom. The third kappa shape index (κ3) is 2.64. The van der Waals surface area contributed by atoms with Crippen molar-refractivity contribution in [2.24, 2.45) is 5.73 Å². The summed E-state index contributed by atoms with van der Waals surface area (Å²) in [6.45, 7) is 7.64. The van der Waals surface area contributed by atoms with Crippen LogP contribution in [0.15, 0.2) is 18.2 Å². The van der Waals surface area contributed by atoms with Crippen LogP contribution >= 0.6 is 0 Å². The highest BCUT2D eigenvalue weighted by Crippen LogP contribution is 2.23. The van der Waals surface area contributed by atoms with E-state index < -0.39 is 0 Å². The van der Waals surface area contributed by atoms with Gasteiger partial charge < -0.3 is 15.5 Å². The van der Waals surface area contributed by atoms with E-state index in [1.807, 2.05) is 4.90 Å². The second-order valence-electron chi connectivity index (χ2n) is 4.83. The number of benzene rings is 1. The van der Waals surface area contributed by atoms with Crippen LogP contribution in [0.5, 0.6) is 0 Å². The predicted molar refractivity (Wildman–Crippen MR) is 73.5 cm³/mol. The second kappa shape index (κ2) is 5.40. The summed E-state index contributed by atoms with van der Waals surface area (Å²) >= 11 is 0. The van der Waals surface area contributed by atoms with Crippen LogP contribution < -0.4 is 10.6 Å². The van der Waals surface area contributed by atoms with Crippen LogP contribution in [0.25, 0.3) is 0 Å². The maximum atomic E-state index is 11.3. The summed E-state index contributed by atoms with van der Waals surface area (Å²) in [7, 11) is 0. The maximum absolute atomic E-state index is 11.3. The van der Waals surface area contributed by atoms with Crippen LogP contribution in [-0.4, -0.2) is 37.0 Å². The molecule has 2 rings (SSSR count). The van der Waals surface area contributed by atoms with Gasteiger partial charge in [-0.2, -0.15) is 0 Å². The number of anilines is 1. The molecular weight excluding hydrogens is 226 g/mol. The van der Waals surface area contributed by atoms with Gasteiger partial charge in [-0.05, 0) is 18.6 Å². The van der Waals surface area contributed by atoms with E-state index in [2.05, 4.69) is 30.0 Å². The van der Waals surface area contributed by atoms with Gasteiger partial charge in [0.15, 0.2) is 0 Å². The van der Waals surface area contributed by atoms with Gasteiger partial charge in [0.25, 0.3) is 0 Å². The molecule has 0 unspecified atom stereocenters. The van der Waals surface area contributed by atoms with Gasteiger partial charge in [0.05, 0.1) is 0 Å². The number of nitrogens with zero attached hydrogens (tertiary/aromatic N) is 2. The van der Waals surface area contributed by atoms with Gasteiger partial charge >= 0.3 is 0 Å². The third-order valence-corrected chi connectivity index (χ3v) is 3.52. The van der Waals surface area contributed by atoms with Crippen molar-refractivity contribution < 1.29 is 4.79 Å². The van der Waals surface area contributed by atoms with E-state index in [4.69, 9.17) is 5.73 Å². The Morgan fingerprint density at radius 3 is 2.50 bits per heavy atom. The van der Waals surface area contributed by atoms with Crippen molar-refractivity contribution >= 4 is 11.6 Å². The van der Waals surface area contributed by atoms with Crippen LogP contribution in [-0.2, 0) is 11.3 Å². The normalized spacial score (nSPS) is 15.9. The van der Waals surface area contributed by atoms with E-state index in [9.17, 15) is 4.79 Å². The summed E-state index contributed by atoms with van der Waals surface area (Å²) in [5.74, 6) is 0.164. The molecule has 0 spiro atoms. The third-order valence-electron chi connectivity index (χ3n) is 3.52. The number of carbonyl (C=O) groups is 1. The molecule has 4 heteroatoms. The average Bonchev–Trinajstić information content (AvgIpc) is 2.38. The number of amides is 1. The second-order valence-corrected chi connectivity index (χ2v) is 4.83. The maximum Gasteiger partial charge on any atom is 0.219 e. The van der Waals surface area contributed by atoms with Crippen molar-refractivity contribution in [2.45, 2.75) is 20.4 Å². The first-order chi connectivity index (χ1) is 8.61. The van der Waals surface area contributed by atoms with E-state index in [0.29, 0.717) is 6.54 Å². The minimum Gasteiger partial charge on any atom is -0.368 e. The molecule has 1 aromatic carbocycles. The molecule has 18 heavy (non-hydrogen) atoms.